The topological polar surface area (TPSA) is 194 Å². The van der Waals surface area contributed by atoms with Gasteiger partial charge in [-0.2, -0.15) is 0 Å². The monoisotopic (exact) mass is 357 g/mol. The van der Waals surface area contributed by atoms with Crippen molar-refractivity contribution in [3.05, 3.63) is 34.4 Å². The second-order valence-electron chi connectivity index (χ2n) is 4.74. The van der Waals surface area contributed by atoms with Gasteiger partial charge in [-0.25, -0.2) is 4.79 Å². The van der Waals surface area contributed by atoms with Crippen molar-refractivity contribution in [2.75, 3.05) is 0 Å². The van der Waals surface area contributed by atoms with Gasteiger partial charge >= 0.3 is 29.3 Å². The van der Waals surface area contributed by atoms with Crippen molar-refractivity contribution in [1.29, 1.82) is 0 Å². The predicted octanol–water partition coefficient (Wildman–Crippen LogP) is 0.358. The maximum absolute atomic E-state index is 12.1. The van der Waals surface area contributed by atoms with Gasteiger partial charge in [-0.05, 0) is 31.9 Å². The Morgan fingerprint density at radius 2 is 1.42 bits per heavy atom. The summed E-state index contributed by atoms with van der Waals surface area (Å²) in [6.07, 6.45) is -0.662. The molecule has 24 heavy (non-hydrogen) atoms. The van der Waals surface area contributed by atoms with E-state index in [0.717, 1.165) is 16.7 Å². The number of carboxylic acid groups (broad SMARTS) is 2. The van der Waals surface area contributed by atoms with Crippen LogP contribution in [0.15, 0.2) is 12.1 Å². The molecular weight excluding hydrogens is 337 g/mol. The van der Waals surface area contributed by atoms with Crippen molar-refractivity contribution < 1.29 is 41.0 Å². The van der Waals surface area contributed by atoms with Crippen LogP contribution < -0.4 is 5.32 Å². The van der Waals surface area contributed by atoms with Crippen LogP contribution in [-0.2, 0) is 9.59 Å². The van der Waals surface area contributed by atoms with Crippen molar-refractivity contribution >= 4 is 35.2 Å². The molecule has 0 radical (unpaired) electrons. The molecule has 0 aliphatic rings. The molecule has 0 saturated carbocycles. The number of carbonyl (C=O) groups is 3. The number of hydrogen-bond acceptors (Lipinski definition) is 6. The van der Waals surface area contributed by atoms with Crippen LogP contribution in [-0.4, -0.2) is 67.9 Å². The Morgan fingerprint density at radius 3 is 1.75 bits per heavy atom. The Bertz CT molecular complexity index is 553. The second-order valence-corrected chi connectivity index (χ2v) is 4.74. The van der Waals surface area contributed by atoms with Crippen LogP contribution in [0.3, 0.4) is 0 Å². The van der Waals surface area contributed by atoms with Crippen LogP contribution in [0.5, 0.6) is 0 Å². The average Bonchev–Trinajstić information content (AvgIpc) is 2.25. The van der Waals surface area contributed by atoms with Crippen LogP contribution in [0.2, 0.25) is 0 Å². The minimum Gasteiger partial charge on any atom is -0.870 e. The molecule has 6 N–H and O–H groups in total. The Kier molecular flexibility index (Phi) is 15.6. The van der Waals surface area contributed by atoms with E-state index in [1.54, 1.807) is 13.8 Å². The summed E-state index contributed by atoms with van der Waals surface area (Å²) in [4.78, 5) is 33.7. The molecule has 0 spiro atoms. The third-order valence-electron chi connectivity index (χ3n) is 2.89. The molecule has 1 rings (SSSR count). The molecule has 1 unspecified atom stereocenters. The molecule has 1 aromatic rings. The first-order chi connectivity index (χ1) is 9.22. The van der Waals surface area contributed by atoms with E-state index in [-0.39, 0.29) is 33.8 Å². The van der Waals surface area contributed by atoms with Crippen molar-refractivity contribution in [3.63, 3.8) is 0 Å². The van der Waals surface area contributed by atoms with E-state index in [9.17, 15) is 14.4 Å². The number of nitrogens with one attached hydrogen (secondary N) is 1. The number of benzene rings is 1. The van der Waals surface area contributed by atoms with Gasteiger partial charge in [-0.3, -0.25) is 9.59 Å². The molecule has 132 valence electrons. The molecular formula is C14H20AlNO8. The molecule has 1 amide bonds. The first kappa shape index (κ1) is 30.0. The number of aliphatic carboxylic acids is 2. The van der Waals surface area contributed by atoms with Crippen molar-refractivity contribution in [1.82, 2.24) is 5.32 Å². The number of hydrogen-bond donors (Lipinski definition) is 3. The van der Waals surface area contributed by atoms with Crippen molar-refractivity contribution in [3.8, 4) is 0 Å². The molecule has 9 nitrogen and oxygen atoms in total. The zero-order chi connectivity index (χ0) is 15.4. The zero-order valence-corrected chi connectivity index (χ0v) is 14.6. The Morgan fingerprint density at radius 1 is 1.00 bits per heavy atom. The SMILES string of the molecule is Cc1cc(C)c(C(=O)NC(CC(=O)O)C(=O)O)c(C)c1.[Al+3].[OH-].[OH-].[OH-]. The van der Waals surface area contributed by atoms with Gasteiger partial charge < -0.3 is 32.0 Å². The van der Waals surface area contributed by atoms with E-state index in [1.807, 2.05) is 19.1 Å². The summed E-state index contributed by atoms with van der Waals surface area (Å²) in [6, 6.07) is 2.18. The average molecular weight is 357 g/mol. The summed E-state index contributed by atoms with van der Waals surface area (Å²) in [7, 11) is 0. The third kappa shape index (κ3) is 8.05. The van der Waals surface area contributed by atoms with Crippen LogP contribution in [0, 0.1) is 20.8 Å². The van der Waals surface area contributed by atoms with Gasteiger partial charge in [0.05, 0.1) is 6.42 Å². The van der Waals surface area contributed by atoms with Crippen LogP contribution in [0.4, 0.5) is 0 Å². The maximum atomic E-state index is 12.1. The summed E-state index contributed by atoms with van der Waals surface area (Å²) in [5.74, 6) is -3.23. The summed E-state index contributed by atoms with van der Waals surface area (Å²) in [5.41, 5.74) is 2.82. The van der Waals surface area contributed by atoms with Gasteiger partial charge in [0.2, 0.25) is 0 Å². The van der Waals surface area contributed by atoms with Gasteiger partial charge in [-0.15, -0.1) is 0 Å². The summed E-state index contributed by atoms with van der Waals surface area (Å²) < 4.78 is 0. The molecule has 1 atom stereocenters. The van der Waals surface area contributed by atoms with Gasteiger partial charge in [0.1, 0.15) is 6.04 Å². The van der Waals surface area contributed by atoms with Crippen LogP contribution in [0.1, 0.15) is 33.5 Å². The van der Waals surface area contributed by atoms with Gasteiger partial charge in [0.15, 0.2) is 0 Å². The van der Waals surface area contributed by atoms with Gasteiger partial charge in [0, 0.05) is 5.56 Å². The van der Waals surface area contributed by atoms with E-state index >= 15 is 0 Å². The van der Waals surface area contributed by atoms with E-state index in [4.69, 9.17) is 10.2 Å². The van der Waals surface area contributed by atoms with Gasteiger partial charge in [0.25, 0.3) is 5.91 Å². The number of aryl methyl sites for hydroxylation is 3. The Labute approximate surface area is 149 Å². The standard InChI is InChI=1S/C14H17NO5.Al.3H2O/c1-7-4-8(2)12(9(3)5-7)13(18)15-10(14(19)20)6-11(16)17;;;;/h4-5,10H,6H2,1-3H3,(H,15,18)(H,16,17)(H,19,20);;3*1H2/q;+3;;;/p-3. The molecule has 0 heterocycles. The van der Waals surface area contributed by atoms with Crippen molar-refractivity contribution in [2.45, 2.75) is 33.2 Å². The van der Waals surface area contributed by atoms with Crippen LogP contribution in [0.25, 0.3) is 0 Å². The Balaban J connectivity index is -0.000000500. The second kappa shape index (κ2) is 12.5. The minimum atomic E-state index is -1.44. The molecule has 10 heteroatoms. The first-order valence-electron chi connectivity index (χ1n) is 6.05. The van der Waals surface area contributed by atoms with E-state index < -0.39 is 30.3 Å². The molecule has 0 aliphatic carbocycles. The number of rotatable bonds is 5. The minimum absolute atomic E-state index is 0. The Hall–Kier alpha value is -1.96. The van der Waals surface area contributed by atoms with E-state index in [2.05, 4.69) is 5.32 Å². The van der Waals surface area contributed by atoms with Crippen LogP contribution >= 0.6 is 0 Å². The zero-order valence-electron chi connectivity index (χ0n) is 13.5. The number of carbonyl (C=O) groups excluding carboxylic acids is 1. The molecule has 0 fully saturated rings. The van der Waals surface area contributed by atoms with Gasteiger partial charge in [-0.1, -0.05) is 17.7 Å². The summed E-state index contributed by atoms with van der Waals surface area (Å²) >= 11 is 0. The largest absolute Gasteiger partial charge is 3.00 e. The number of carboxylic acids is 2. The first-order valence-corrected chi connectivity index (χ1v) is 6.05. The fourth-order valence-corrected chi connectivity index (χ4v) is 2.14. The normalized spacial score (nSPS) is 9.79. The molecule has 0 saturated heterocycles. The third-order valence-corrected chi connectivity index (χ3v) is 2.89. The summed E-state index contributed by atoms with van der Waals surface area (Å²) in [6.45, 7) is 5.40. The predicted molar refractivity (Wildman–Crippen MR) is 83.4 cm³/mol. The van der Waals surface area contributed by atoms with Crippen molar-refractivity contribution in [2.24, 2.45) is 0 Å². The molecule has 0 bridgehead atoms. The fourth-order valence-electron chi connectivity index (χ4n) is 2.14. The molecule has 0 aliphatic heterocycles. The maximum Gasteiger partial charge on any atom is 3.00 e. The number of amides is 1. The van der Waals surface area contributed by atoms with E-state index in [1.165, 1.54) is 0 Å². The molecule has 0 aromatic heterocycles. The summed E-state index contributed by atoms with van der Waals surface area (Å²) in [5, 5.41) is 19.8. The fraction of sp³-hybridized carbons (Fsp3) is 0.357. The van der Waals surface area contributed by atoms with E-state index in [0.29, 0.717) is 5.56 Å². The molecule has 1 aromatic carbocycles. The quantitative estimate of drug-likeness (QED) is 0.628. The smallest absolute Gasteiger partial charge is 0.870 e.